The van der Waals surface area contributed by atoms with E-state index in [4.69, 9.17) is 27.6 Å². The van der Waals surface area contributed by atoms with E-state index in [9.17, 15) is 4.79 Å². The topological polar surface area (TPSA) is 33.5 Å². The lowest BCUT2D eigenvalue weighted by Crippen LogP contribution is -2.42. The van der Waals surface area contributed by atoms with E-state index in [1.807, 2.05) is 35.7 Å². The number of hydrogen-bond acceptors (Lipinski definition) is 3. The maximum absolute atomic E-state index is 12.5. The Bertz CT molecular complexity index is 503. The molecular formula is C13H15Cl2NO2S. The predicted molar refractivity (Wildman–Crippen MR) is 77.8 cm³/mol. The van der Waals surface area contributed by atoms with Crippen LogP contribution >= 0.6 is 35.0 Å². The number of carbonyl (C=O) groups is 1. The van der Waals surface area contributed by atoms with Gasteiger partial charge >= 0.3 is 0 Å². The number of furan rings is 1. The van der Waals surface area contributed by atoms with Crippen molar-refractivity contribution in [1.82, 2.24) is 4.90 Å². The van der Waals surface area contributed by atoms with E-state index in [-0.39, 0.29) is 17.9 Å². The number of hydrogen-bond donors (Lipinski definition) is 0. The van der Waals surface area contributed by atoms with Crippen LogP contribution in [0, 0.1) is 12.8 Å². The maximum Gasteiger partial charge on any atom is 0.229 e. The Morgan fingerprint density at radius 1 is 1.53 bits per heavy atom. The predicted octanol–water partition coefficient (Wildman–Crippen LogP) is 3.40. The summed E-state index contributed by atoms with van der Waals surface area (Å²) < 4.78 is 4.83. The molecule has 19 heavy (non-hydrogen) atoms. The Morgan fingerprint density at radius 2 is 2.26 bits per heavy atom. The van der Waals surface area contributed by atoms with Crippen molar-refractivity contribution in [3.05, 3.63) is 23.7 Å². The third-order valence-electron chi connectivity index (χ3n) is 3.63. The number of carbonyl (C=O) groups excluding carboxylic acids is 1. The number of amides is 1. The van der Waals surface area contributed by atoms with Crippen LogP contribution in [0.1, 0.15) is 24.0 Å². The highest BCUT2D eigenvalue weighted by molar-refractivity contribution is 7.99. The van der Waals surface area contributed by atoms with Crippen molar-refractivity contribution in [2.75, 3.05) is 18.1 Å². The van der Waals surface area contributed by atoms with Crippen LogP contribution in [0.3, 0.4) is 0 Å². The van der Waals surface area contributed by atoms with Gasteiger partial charge in [-0.05, 0) is 25.5 Å². The average Bonchev–Trinajstić information content (AvgIpc) is 2.82. The molecule has 104 valence electrons. The molecule has 0 radical (unpaired) electrons. The first-order valence-electron chi connectivity index (χ1n) is 6.31. The Morgan fingerprint density at radius 3 is 2.84 bits per heavy atom. The standard InChI is InChI=1S/C13H15Cl2NO2S/c1-8-2-3-11(18-8)10-7-19-5-4-16(10)12(17)9-6-13(9,14)15/h2-3,9-10H,4-7H2,1H3/t9-,10-/m0/s1. The fourth-order valence-electron chi connectivity index (χ4n) is 2.42. The van der Waals surface area contributed by atoms with Crippen LogP contribution in [0.2, 0.25) is 0 Å². The van der Waals surface area contributed by atoms with E-state index >= 15 is 0 Å². The van der Waals surface area contributed by atoms with Gasteiger partial charge in [0.15, 0.2) is 0 Å². The Balaban J connectivity index is 1.80. The summed E-state index contributed by atoms with van der Waals surface area (Å²) in [6, 6.07) is 3.89. The highest BCUT2D eigenvalue weighted by Gasteiger charge is 2.58. The highest BCUT2D eigenvalue weighted by Crippen LogP contribution is 2.54. The van der Waals surface area contributed by atoms with E-state index in [1.54, 1.807) is 0 Å². The molecular weight excluding hydrogens is 305 g/mol. The minimum absolute atomic E-state index is 0.00434. The molecule has 1 aliphatic carbocycles. The van der Waals surface area contributed by atoms with E-state index < -0.39 is 4.33 Å². The zero-order chi connectivity index (χ0) is 13.6. The van der Waals surface area contributed by atoms with Gasteiger partial charge in [0, 0.05) is 18.1 Å². The summed E-state index contributed by atoms with van der Waals surface area (Å²) in [6.45, 7) is 2.64. The van der Waals surface area contributed by atoms with Crippen molar-refractivity contribution in [2.24, 2.45) is 5.92 Å². The third kappa shape index (κ3) is 2.63. The average molecular weight is 320 g/mol. The molecule has 1 saturated heterocycles. The lowest BCUT2D eigenvalue weighted by molar-refractivity contribution is -0.134. The molecule has 2 fully saturated rings. The first-order chi connectivity index (χ1) is 8.99. The van der Waals surface area contributed by atoms with Gasteiger partial charge in [-0.2, -0.15) is 11.8 Å². The smallest absolute Gasteiger partial charge is 0.229 e. The molecule has 2 aliphatic rings. The second-order valence-corrected chi connectivity index (χ2v) is 7.78. The Kier molecular flexibility index (Phi) is 3.52. The van der Waals surface area contributed by atoms with Gasteiger partial charge < -0.3 is 9.32 Å². The molecule has 0 unspecified atom stereocenters. The van der Waals surface area contributed by atoms with Crippen molar-refractivity contribution < 1.29 is 9.21 Å². The maximum atomic E-state index is 12.5. The Labute approximate surface area is 126 Å². The van der Waals surface area contributed by atoms with Crippen molar-refractivity contribution in [2.45, 2.75) is 23.7 Å². The minimum Gasteiger partial charge on any atom is -0.464 e. The monoisotopic (exact) mass is 319 g/mol. The summed E-state index contributed by atoms with van der Waals surface area (Å²) in [5.41, 5.74) is 0. The minimum atomic E-state index is -0.856. The lowest BCUT2D eigenvalue weighted by atomic mass is 10.2. The van der Waals surface area contributed by atoms with Crippen molar-refractivity contribution in [1.29, 1.82) is 0 Å². The molecule has 6 heteroatoms. The van der Waals surface area contributed by atoms with Gasteiger partial charge in [0.05, 0.1) is 12.0 Å². The normalized spacial score (nSPS) is 29.3. The SMILES string of the molecule is Cc1ccc([C@@H]2CSCCN2C(=O)[C@@H]2CC2(Cl)Cl)o1. The second kappa shape index (κ2) is 4.90. The molecule has 3 rings (SSSR count). The summed E-state index contributed by atoms with van der Waals surface area (Å²) >= 11 is 13.9. The largest absolute Gasteiger partial charge is 0.464 e. The second-order valence-electron chi connectivity index (χ2n) is 5.09. The molecule has 0 N–H and O–H groups in total. The number of aryl methyl sites for hydroxylation is 1. The van der Waals surface area contributed by atoms with Crippen LogP contribution in [0.15, 0.2) is 16.5 Å². The number of rotatable bonds is 2. The molecule has 3 nitrogen and oxygen atoms in total. The van der Waals surface area contributed by atoms with Crippen LogP contribution in [0.5, 0.6) is 0 Å². The Hall–Kier alpha value is -0.320. The van der Waals surface area contributed by atoms with Gasteiger partial charge in [-0.15, -0.1) is 23.2 Å². The molecule has 1 saturated carbocycles. The molecule has 1 aromatic heterocycles. The zero-order valence-corrected chi connectivity index (χ0v) is 12.9. The molecule has 1 amide bonds. The zero-order valence-electron chi connectivity index (χ0n) is 10.6. The molecule has 0 spiro atoms. The number of nitrogens with zero attached hydrogens (tertiary/aromatic N) is 1. The molecule has 0 bridgehead atoms. The summed E-state index contributed by atoms with van der Waals surface area (Å²) in [6.07, 6.45) is 0.558. The van der Waals surface area contributed by atoms with Gasteiger partial charge in [0.1, 0.15) is 15.9 Å². The van der Waals surface area contributed by atoms with Gasteiger partial charge in [0.2, 0.25) is 5.91 Å². The molecule has 2 heterocycles. The lowest BCUT2D eigenvalue weighted by Gasteiger charge is -2.34. The first kappa shape index (κ1) is 13.7. The number of alkyl halides is 2. The highest BCUT2D eigenvalue weighted by atomic mass is 35.5. The van der Waals surface area contributed by atoms with Crippen LogP contribution in [-0.2, 0) is 4.79 Å². The van der Waals surface area contributed by atoms with Crippen LogP contribution in [0.25, 0.3) is 0 Å². The molecule has 1 aliphatic heterocycles. The summed E-state index contributed by atoms with van der Waals surface area (Å²) in [5, 5.41) is 0. The van der Waals surface area contributed by atoms with E-state index in [2.05, 4.69) is 0 Å². The number of halogens is 2. The third-order valence-corrected chi connectivity index (χ3v) is 5.48. The van der Waals surface area contributed by atoms with Crippen molar-refractivity contribution in [3.63, 3.8) is 0 Å². The van der Waals surface area contributed by atoms with Gasteiger partial charge in [-0.1, -0.05) is 0 Å². The number of thioether (sulfide) groups is 1. The van der Waals surface area contributed by atoms with E-state index in [0.717, 1.165) is 29.6 Å². The molecule has 0 aromatic carbocycles. The quantitative estimate of drug-likeness (QED) is 0.783. The first-order valence-corrected chi connectivity index (χ1v) is 8.22. The van der Waals surface area contributed by atoms with Crippen LogP contribution in [0.4, 0.5) is 0 Å². The summed E-state index contributed by atoms with van der Waals surface area (Å²) in [5.74, 6) is 3.35. The fraction of sp³-hybridized carbons (Fsp3) is 0.615. The van der Waals surface area contributed by atoms with E-state index in [0.29, 0.717) is 6.42 Å². The molecule has 1 aromatic rings. The molecule has 2 atom stereocenters. The van der Waals surface area contributed by atoms with Gasteiger partial charge in [-0.3, -0.25) is 4.79 Å². The van der Waals surface area contributed by atoms with Crippen molar-refractivity contribution in [3.8, 4) is 0 Å². The van der Waals surface area contributed by atoms with Gasteiger partial charge in [0.25, 0.3) is 0 Å². The fourth-order valence-corrected chi connectivity index (χ4v) is 3.97. The van der Waals surface area contributed by atoms with Crippen LogP contribution < -0.4 is 0 Å². The van der Waals surface area contributed by atoms with Gasteiger partial charge in [-0.25, -0.2) is 0 Å². The van der Waals surface area contributed by atoms with Crippen LogP contribution in [-0.4, -0.2) is 33.2 Å². The van der Waals surface area contributed by atoms with E-state index in [1.165, 1.54) is 0 Å². The summed E-state index contributed by atoms with van der Waals surface area (Å²) in [7, 11) is 0. The summed E-state index contributed by atoms with van der Waals surface area (Å²) in [4.78, 5) is 14.4. The van der Waals surface area contributed by atoms with Crippen molar-refractivity contribution >= 4 is 40.9 Å².